The Morgan fingerprint density at radius 1 is 1.56 bits per heavy atom. The van der Waals surface area contributed by atoms with Crippen molar-refractivity contribution < 1.29 is 4.79 Å². The molecule has 18 heavy (non-hydrogen) atoms. The number of amides is 1. The van der Waals surface area contributed by atoms with E-state index in [-0.39, 0.29) is 17.8 Å². The van der Waals surface area contributed by atoms with E-state index in [1.54, 1.807) is 12.3 Å². The van der Waals surface area contributed by atoms with E-state index < -0.39 is 0 Å². The maximum absolute atomic E-state index is 11.3. The molecule has 2 aromatic rings. The summed E-state index contributed by atoms with van der Waals surface area (Å²) in [4.78, 5) is 20.0. The summed E-state index contributed by atoms with van der Waals surface area (Å²) in [7, 11) is 0. The van der Waals surface area contributed by atoms with E-state index in [1.807, 2.05) is 4.57 Å². The van der Waals surface area contributed by atoms with Crippen LogP contribution in [0.15, 0.2) is 12.3 Å². The molecule has 94 valence electrons. The van der Waals surface area contributed by atoms with Gasteiger partial charge in [0, 0.05) is 19.2 Å². The number of halogens is 2. The number of fused-ring (bicyclic) bond motifs is 1. The lowest BCUT2D eigenvalue weighted by Gasteiger charge is -2.12. The first-order valence-corrected chi connectivity index (χ1v) is 6.45. The van der Waals surface area contributed by atoms with Crippen molar-refractivity contribution in [2.75, 3.05) is 6.54 Å². The third-order valence-electron chi connectivity index (χ3n) is 3.01. The lowest BCUT2D eigenvalue weighted by molar-refractivity contribution is -0.119. The van der Waals surface area contributed by atoms with Gasteiger partial charge in [-0.1, -0.05) is 11.6 Å². The van der Waals surface area contributed by atoms with Gasteiger partial charge in [0.1, 0.15) is 11.3 Å². The van der Waals surface area contributed by atoms with Crippen LogP contribution in [0.25, 0.3) is 11.2 Å². The highest BCUT2D eigenvalue weighted by atomic mass is 35.5. The van der Waals surface area contributed by atoms with Gasteiger partial charge in [-0.25, -0.2) is 9.97 Å². The standard InChI is InChI=1S/C11H10Cl2N4O/c12-3-9-16-8-1-6(13)4-15-11(8)17(9)7-2-10(18)14-5-7/h1,4,7H,2-3,5H2,(H,14,18). The van der Waals surface area contributed by atoms with Gasteiger partial charge in [0.05, 0.1) is 16.9 Å². The summed E-state index contributed by atoms with van der Waals surface area (Å²) >= 11 is 11.8. The van der Waals surface area contributed by atoms with Crippen LogP contribution in [0.5, 0.6) is 0 Å². The fourth-order valence-electron chi connectivity index (χ4n) is 2.25. The molecule has 1 aliphatic heterocycles. The van der Waals surface area contributed by atoms with Crippen molar-refractivity contribution in [1.82, 2.24) is 19.9 Å². The molecule has 1 fully saturated rings. The number of hydrogen-bond donors (Lipinski definition) is 1. The van der Waals surface area contributed by atoms with Crippen LogP contribution in [0, 0.1) is 0 Å². The molecule has 1 amide bonds. The number of carbonyl (C=O) groups is 1. The molecule has 1 atom stereocenters. The quantitative estimate of drug-likeness (QED) is 0.857. The van der Waals surface area contributed by atoms with E-state index in [1.165, 1.54) is 0 Å². The van der Waals surface area contributed by atoms with Gasteiger partial charge >= 0.3 is 0 Å². The highest BCUT2D eigenvalue weighted by molar-refractivity contribution is 6.31. The number of hydrogen-bond acceptors (Lipinski definition) is 3. The molecule has 0 aliphatic carbocycles. The van der Waals surface area contributed by atoms with Gasteiger partial charge in [0.25, 0.3) is 0 Å². The molecular formula is C11H10Cl2N4O. The van der Waals surface area contributed by atoms with Crippen LogP contribution in [-0.4, -0.2) is 27.0 Å². The number of imidazole rings is 1. The monoisotopic (exact) mass is 284 g/mol. The van der Waals surface area contributed by atoms with E-state index in [9.17, 15) is 4.79 Å². The number of aromatic nitrogens is 3. The molecule has 1 N–H and O–H groups in total. The van der Waals surface area contributed by atoms with Crippen LogP contribution in [0.4, 0.5) is 0 Å². The van der Waals surface area contributed by atoms with Crippen molar-refractivity contribution in [3.63, 3.8) is 0 Å². The largest absolute Gasteiger partial charge is 0.354 e. The minimum absolute atomic E-state index is 0.0184. The zero-order chi connectivity index (χ0) is 12.7. The molecule has 3 heterocycles. The van der Waals surface area contributed by atoms with Gasteiger partial charge in [-0.05, 0) is 6.07 Å². The third kappa shape index (κ3) is 1.83. The number of carbonyl (C=O) groups excluding carboxylic acids is 1. The molecule has 7 heteroatoms. The first-order valence-electron chi connectivity index (χ1n) is 5.54. The summed E-state index contributed by atoms with van der Waals surface area (Å²) in [6.07, 6.45) is 2.00. The maximum atomic E-state index is 11.3. The van der Waals surface area contributed by atoms with Gasteiger partial charge in [-0.15, -0.1) is 11.6 Å². The van der Waals surface area contributed by atoms with E-state index in [2.05, 4.69) is 15.3 Å². The molecule has 1 aliphatic rings. The number of nitrogens with one attached hydrogen (secondary N) is 1. The summed E-state index contributed by atoms with van der Waals surface area (Å²) in [5, 5.41) is 3.34. The van der Waals surface area contributed by atoms with Crippen molar-refractivity contribution in [2.24, 2.45) is 0 Å². The molecule has 1 saturated heterocycles. The van der Waals surface area contributed by atoms with E-state index in [4.69, 9.17) is 23.2 Å². The zero-order valence-electron chi connectivity index (χ0n) is 9.36. The van der Waals surface area contributed by atoms with Crippen LogP contribution in [0.2, 0.25) is 5.02 Å². The summed E-state index contributed by atoms with van der Waals surface area (Å²) < 4.78 is 1.93. The molecule has 0 bridgehead atoms. The molecule has 0 saturated carbocycles. The van der Waals surface area contributed by atoms with Crippen LogP contribution < -0.4 is 5.32 Å². The van der Waals surface area contributed by atoms with Crippen LogP contribution in [-0.2, 0) is 10.7 Å². The Kier molecular flexibility index (Phi) is 2.87. The Morgan fingerprint density at radius 2 is 2.39 bits per heavy atom. The fraction of sp³-hybridized carbons (Fsp3) is 0.364. The van der Waals surface area contributed by atoms with E-state index in [0.29, 0.717) is 29.3 Å². The van der Waals surface area contributed by atoms with Crippen LogP contribution in [0.3, 0.4) is 0 Å². The number of alkyl halides is 1. The average molecular weight is 285 g/mol. The number of rotatable bonds is 2. The lowest BCUT2D eigenvalue weighted by atomic mass is 10.2. The van der Waals surface area contributed by atoms with E-state index >= 15 is 0 Å². The normalized spacial score (nSPS) is 19.4. The maximum Gasteiger partial charge on any atom is 0.222 e. The van der Waals surface area contributed by atoms with Crippen molar-refractivity contribution in [3.8, 4) is 0 Å². The predicted molar refractivity (Wildman–Crippen MR) is 68.8 cm³/mol. The molecule has 0 aromatic carbocycles. The second kappa shape index (κ2) is 4.40. The van der Waals surface area contributed by atoms with Crippen molar-refractivity contribution in [2.45, 2.75) is 18.3 Å². The van der Waals surface area contributed by atoms with Gasteiger partial charge in [0.15, 0.2) is 5.65 Å². The van der Waals surface area contributed by atoms with E-state index in [0.717, 1.165) is 5.65 Å². The second-order valence-electron chi connectivity index (χ2n) is 4.19. The molecule has 2 aromatic heterocycles. The first kappa shape index (κ1) is 11.7. The third-order valence-corrected chi connectivity index (χ3v) is 3.46. The molecular weight excluding hydrogens is 275 g/mol. The van der Waals surface area contributed by atoms with Crippen LogP contribution >= 0.6 is 23.2 Å². The molecule has 1 unspecified atom stereocenters. The smallest absolute Gasteiger partial charge is 0.222 e. The Hall–Kier alpha value is -1.33. The second-order valence-corrected chi connectivity index (χ2v) is 4.89. The van der Waals surface area contributed by atoms with Gasteiger partial charge in [0.2, 0.25) is 5.91 Å². The Balaban J connectivity index is 2.16. The molecule has 0 spiro atoms. The van der Waals surface area contributed by atoms with Gasteiger partial charge < -0.3 is 9.88 Å². The molecule has 5 nitrogen and oxygen atoms in total. The Bertz CT molecular complexity index is 625. The summed E-state index contributed by atoms with van der Waals surface area (Å²) in [5.74, 6) is 1.03. The highest BCUT2D eigenvalue weighted by Crippen LogP contribution is 2.26. The summed E-state index contributed by atoms with van der Waals surface area (Å²) in [5.41, 5.74) is 1.43. The SMILES string of the molecule is O=C1CC(n2c(CCl)nc3cc(Cl)cnc32)CN1. The van der Waals surface area contributed by atoms with Crippen molar-refractivity contribution in [1.29, 1.82) is 0 Å². The van der Waals surface area contributed by atoms with Crippen molar-refractivity contribution in [3.05, 3.63) is 23.1 Å². The molecule has 0 radical (unpaired) electrons. The average Bonchev–Trinajstić information content (AvgIpc) is 2.91. The Labute approximate surface area is 113 Å². The minimum Gasteiger partial charge on any atom is -0.354 e. The van der Waals surface area contributed by atoms with Gasteiger partial charge in [-0.3, -0.25) is 4.79 Å². The minimum atomic E-state index is 0.0184. The Morgan fingerprint density at radius 3 is 3.06 bits per heavy atom. The van der Waals surface area contributed by atoms with Crippen molar-refractivity contribution >= 4 is 40.3 Å². The highest BCUT2D eigenvalue weighted by Gasteiger charge is 2.27. The lowest BCUT2D eigenvalue weighted by Crippen LogP contribution is -2.16. The first-order chi connectivity index (χ1) is 8.69. The zero-order valence-corrected chi connectivity index (χ0v) is 10.9. The number of nitrogens with zero attached hydrogens (tertiary/aromatic N) is 3. The predicted octanol–water partition coefficient (Wildman–Crippen LogP) is 1.88. The molecule has 3 rings (SSSR count). The van der Waals surface area contributed by atoms with Crippen LogP contribution in [0.1, 0.15) is 18.3 Å². The number of pyridine rings is 1. The van der Waals surface area contributed by atoms with Gasteiger partial charge in [-0.2, -0.15) is 0 Å². The summed E-state index contributed by atoms with van der Waals surface area (Å²) in [6, 6.07) is 1.77. The summed E-state index contributed by atoms with van der Waals surface area (Å²) in [6.45, 7) is 0.582. The fourth-order valence-corrected chi connectivity index (χ4v) is 2.60. The topological polar surface area (TPSA) is 59.8 Å².